The van der Waals surface area contributed by atoms with E-state index in [1.54, 1.807) is 14.2 Å². The summed E-state index contributed by atoms with van der Waals surface area (Å²) in [6, 6.07) is 12.4. The standard InChI is InChI=1S/C29H36O3/c1-28(2,3)23-13-19(14-24(17-23)29(4,5)6)11-21-9-10-22(27(21)30)12-20-15-25(31-7)18-26(16-20)32-8/h11-18H,9-10H2,1-8H3/b21-11+,22-12?. The first-order valence-electron chi connectivity index (χ1n) is 11.3. The Morgan fingerprint density at radius 3 is 1.44 bits per heavy atom. The monoisotopic (exact) mass is 432 g/mol. The zero-order valence-corrected chi connectivity index (χ0v) is 20.8. The third-order valence-corrected chi connectivity index (χ3v) is 5.99. The van der Waals surface area contributed by atoms with Crippen molar-refractivity contribution in [2.24, 2.45) is 0 Å². The molecular weight excluding hydrogens is 396 g/mol. The Kier molecular flexibility index (Phi) is 6.69. The molecule has 170 valence electrons. The minimum atomic E-state index is 0.0463. The molecule has 1 aliphatic rings. The van der Waals surface area contributed by atoms with E-state index < -0.39 is 0 Å². The van der Waals surface area contributed by atoms with Crippen LogP contribution >= 0.6 is 0 Å². The van der Waals surface area contributed by atoms with E-state index in [1.165, 1.54) is 11.1 Å². The Hall–Kier alpha value is -2.81. The maximum Gasteiger partial charge on any atom is 0.185 e. The van der Waals surface area contributed by atoms with E-state index in [4.69, 9.17) is 9.47 Å². The second-order valence-corrected chi connectivity index (χ2v) is 10.7. The molecule has 1 saturated carbocycles. The van der Waals surface area contributed by atoms with E-state index in [0.717, 1.165) is 35.1 Å². The molecule has 0 spiro atoms. The maximum absolute atomic E-state index is 13.2. The fourth-order valence-electron chi connectivity index (χ4n) is 3.89. The predicted molar refractivity (Wildman–Crippen MR) is 134 cm³/mol. The van der Waals surface area contributed by atoms with E-state index in [0.29, 0.717) is 11.5 Å². The molecule has 0 heterocycles. The van der Waals surface area contributed by atoms with Crippen LogP contribution in [0.5, 0.6) is 11.5 Å². The summed E-state index contributed by atoms with van der Waals surface area (Å²) in [5.41, 5.74) is 6.40. The van der Waals surface area contributed by atoms with E-state index in [9.17, 15) is 4.79 Å². The summed E-state index contributed by atoms with van der Waals surface area (Å²) in [6.45, 7) is 13.4. The normalized spacial score (nSPS) is 17.3. The summed E-state index contributed by atoms with van der Waals surface area (Å²) in [7, 11) is 3.26. The molecule has 0 bridgehead atoms. The fraction of sp³-hybridized carbons (Fsp3) is 0.414. The summed E-state index contributed by atoms with van der Waals surface area (Å²) in [5.74, 6) is 1.56. The molecule has 3 rings (SSSR count). The second kappa shape index (κ2) is 8.97. The summed E-state index contributed by atoms with van der Waals surface area (Å²) in [5, 5.41) is 0. The zero-order chi connectivity index (χ0) is 23.7. The maximum atomic E-state index is 13.2. The van der Waals surface area contributed by atoms with E-state index >= 15 is 0 Å². The van der Waals surface area contributed by atoms with E-state index in [-0.39, 0.29) is 16.6 Å². The smallest absolute Gasteiger partial charge is 0.185 e. The second-order valence-electron chi connectivity index (χ2n) is 10.7. The van der Waals surface area contributed by atoms with Crippen molar-refractivity contribution in [3.8, 4) is 11.5 Å². The molecule has 3 nitrogen and oxygen atoms in total. The van der Waals surface area contributed by atoms with Gasteiger partial charge in [-0.05, 0) is 70.2 Å². The SMILES string of the molecule is COc1cc(C=C2CC/C(=C\c3cc(C(C)(C)C)cc(C(C)(C)C)c3)C2=O)cc(OC)c1. The number of ether oxygens (including phenoxy) is 2. The van der Waals surface area contributed by atoms with Crippen LogP contribution in [0, 0.1) is 0 Å². The molecule has 0 unspecified atom stereocenters. The van der Waals surface area contributed by atoms with Crippen LogP contribution in [-0.2, 0) is 15.6 Å². The molecule has 1 fully saturated rings. The Morgan fingerprint density at radius 2 is 1.06 bits per heavy atom. The number of Topliss-reactive ketones (excluding diaryl/α,β-unsaturated/α-hetero) is 1. The number of methoxy groups -OCH3 is 2. The highest BCUT2D eigenvalue weighted by molar-refractivity contribution is 6.15. The van der Waals surface area contributed by atoms with Gasteiger partial charge in [0.05, 0.1) is 14.2 Å². The van der Waals surface area contributed by atoms with Crippen molar-refractivity contribution < 1.29 is 14.3 Å². The van der Waals surface area contributed by atoms with E-state index in [1.807, 2.05) is 24.3 Å². The van der Waals surface area contributed by atoms with E-state index in [2.05, 4.69) is 65.8 Å². The molecule has 0 saturated heterocycles. The van der Waals surface area contributed by atoms with Gasteiger partial charge in [0, 0.05) is 17.2 Å². The number of rotatable bonds is 4. The van der Waals surface area contributed by atoms with Crippen molar-refractivity contribution in [2.45, 2.75) is 65.2 Å². The van der Waals surface area contributed by atoms with Crippen LogP contribution in [0.2, 0.25) is 0 Å². The number of hydrogen-bond donors (Lipinski definition) is 0. The third kappa shape index (κ3) is 5.51. The van der Waals surface area contributed by atoms with Gasteiger partial charge in [0.2, 0.25) is 0 Å². The molecule has 0 N–H and O–H groups in total. The predicted octanol–water partition coefficient (Wildman–Crippen LogP) is 7.13. The average Bonchev–Trinajstić information content (AvgIpc) is 3.05. The van der Waals surface area contributed by atoms with Gasteiger partial charge in [0.25, 0.3) is 0 Å². The molecule has 3 heteroatoms. The average molecular weight is 433 g/mol. The summed E-state index contributed by atoms with van der Waals surface area (Å²) >= 11 is 0. The molecule has 0 aromatic heterocycles. The number of carbonyl (C=O) groups is 1. The van der Waals surface area contributed by atoms with Crippen molar-refractivity contribution in [3.63, 3.8) is 0 Å². The fourth-order valence-corrected chi connectivity index (χ4v) is 3.89. The topological polar surface area (TPSA) is 35.5 Å². The van der Waals surface area contributed by atoms with Crippen LogP contribution < -0.4 is 9.47 Å². The Balaban J connectivity index is 1.97. The summed E-state index contributed by atoms with van der Waals surface area (Å²) in [6.07, 6.45) is 5.55. The third-order valence-electron chi connectivity index (χ3n) is 5.99. The van der Waals surface area contributed by atoms with Crippen molar-refractivity contribution in [1.29, 1.82) is 0 Å². The Labute approximate surface area is 193 Å². The minimum Gasteiger partial charge on any atom is -0.497 e. The largest absolute Gasteiger partial charge is 0.497 e. The number of benzene rings is 2. The molecule has 0 amide bonds. The van der Waals surface area contributed by atoms with Crippen molar-refractivity contribution in [3.05, 3.63) is 69.8 Å². The highest BCUT2D eigenvalue weighted by atomic mass is 16.5. The first-order chi connectivity index (χ1) is 14.9. The summed E-state index contributed by atoms with van der Waals surface area (Å²) in [4.78, 5) is 13.2. The lowest BCUT2D eigenvalue weighted by Crippen LogP contribution is -2.16. The van der Waals surface area contributed by atoms with Crippen LogP contribution in [0.3, 0.4) is 0 Å². The molecule has 0 atom stereocenters. The summed E-state index contributed by atoms with van der Waals surface area (Å²) < 4.78 is 10.7. The first-order valence-corrected chi connectivity index (χ1v) is 11.3. The van der Waals surface area contributed by atoms with Gasteiger partial charge in [-0.1, -0.05) is 59.7 Å². The molecule has 2 aromatic carbocycles. The van der Waals surface area contributed by atoms with Gasteiger partial charge in [-0.15, -0.1) is 0 Å². The number of ketones is 1. The van der Waals surface area contributed by atoms with Crippen LogP contribution in [-0.4, -0.2) is 20.0 Å². The van der Waals surface area contributed by atoms with Crippen LogP contribution in [0.15, 0.2) is 47.5 Å². The molecule has 0 radical (unpaired) electrons. The van der Waals surface area contributed by atoms with Crippen LogP contribution in [0.4, 0.5) is 0 Å². The zero-order valence-electron chi connectivity index (χ0n) is 20.8. The van der Waals surface area contributed by atoms with Gasteiger partial charge in [0.1, 0.15) is 11.5 Å². The van der Waals surface area contributed by atoms with Gasteiger partial charge in [-0.2, -0.15) is 0 Å². The highest BCUT2D eigenvalue weighted by Crippen LogP contribution is 2.34. The van der Waals surface area contributed by atoms with Gasteiger partial charge in [0.15, 0.2) is 5.78 Å². The number of hydrogen-bond acceptors (Lipinski definition) is 3. The van der Waals surface area contributed by atoms with Crippen LogP contribution in [0.1, 0.15) is 76.6 Å². The lowest BCUT2D eigenvalue weighted by Gasteiger charge is -2.26. The molecule has 0 aliphatic heterocycles. The van der Waals surface area contributed by atoms with Crippen LogP contribution in [0.25, 0.3) is 12.2 Å². The van der Waals surface area contributed by atoms with Gasteiger partial charge < -0.3 is 9.47 Å². The lowest BCUT2D eigenvalue weighted by molar-refractivity contribution is -0.111. The minimum absolute atomic E-state index is 0.0463. The molecular formula is C29H36O3. The number of allylic oxidation sites excluding steroid dienone is 2. The molecule has 1 aliphatic carbocycles. The molecule has 2 aromatic rings. The van der Waals surface area contributed by atoms with Gasteiger partial charge >= 0.3 is 0 Å². The Morgan fingerprint density at radius 1 is 0.656 bits per heavy atom. The van der Waals surface area contributed by atoms with Crippen molar-refractivity contribution >= 4 is 17.9 Å². The van der Waals surface area contributed by atoms with Crippen molar-refractivity contribution in [1.82, 2.24) is 0 Å². The molecule has 32 heavy (non-hydrogen) atoms. The van der Waals surface area contributed by atoms with Gasteiger partial charge in [-0.3, -0.25) is 4.79 Å². The van der Waals surface area contributed by atoms with Gasteiger partial charge in [-0.25, -0.2) is 0 Å². The first kappa shape index (κ1) is 23.8. The highest BCUT2D eigenvalue weighted by Gasteiger charge is 2.24. The quantitative estimate of drug-likeness (QED) is 0.482. The number of carbonyl (C=O) groups excluding carboxylic acids is 1. The lowest BCUT2D eigenvalue weighted by atomic mass is 9.79. The Bertz CT molecular complexity index is 1020. The van der Waals surface area contributed by atoms with Crippen molar-refractivity contribution in [2.75, 3.05) is 14.2 Å².